The fourth-order valence-electron chi connectivity index (χ4n) is 2.91. The van der Waals surface area contributed by atoms with E-state index in [2.05, 4.69) is 22.5 Å². The van der Waals surface area contributed by atoms with Gasteiger partial charge in [-0.1, -0.05) is 11.6 Å². The number of benzene rings is 1. The fraction of sp³-hybridized carbons (Fsp3) is 0.533. The van der Waals surface area contributed by atoms with Crippen LogP contribution in [0.15, 0.2) is 18.2 Å². The van der Waals surface area contributed by atoms with E-state index in [0.717, 1.165) is 44.1 Å². The second kappa shape index (κ2) is 6.32. The first-order valence-corrected chi connectivity index (χ1v) is 7.68. The number of fused-ring (bicyclic) bond motifs is 1. The minimum atomic E-state index is -0.324. The Kier molecular flexibility index (Phi) is 4.45. The number of amides is 1. The molecular formula is C15H20ClN3O2. The monoisotopic (exact) mass is 309 g/mol. The summed E-state index contributed by atoms with van der Waals surface area (Å²) in [5.74, 6) is -0.0129. The first-order valence-electron chi connectivity index (χ1n) is 7.30. The molecular weight excluding hydrogens is 290 g/mol. The minimum Gasteiger partial charge on any atom is -0.379 e. The van der Waals surface area contributed by atoms with Crippen molar-refractivity contribution in [2.45, 2.75) is 19.0 Å². The molecule has 0 bridgehead atoms. The summed E-state index contributed by atoms with van der Waals surface area (Å²) in [6.45, 7) is 6.48. The molecule has 0 saturated carbocycles. The van der Waals surface area contributed by atoms with Crippen LogP contribution in [0.25, 0.3) is 0 Å². The number of rotatable bonds is 4. The lowest BCUT2D eigenvalue weighted by atomic mass is 10.1. The first kappa shape index (κ1) is 14.8. The van der Waals surface area contributed by atoms with Gasteiger partial charge in [0.1, 0.15) is 6.04 Å². The van der Waals surface area contributed by atoms with Gasteiger partial charge in [-0.05, 0) is 25.1 Å². The maximum absolute atomic E-state index is 12.1. The van der Waals surface area contributed by atoms with Crippen LogP contribution in [-0.2, 0) is 9.53 Å². The van der Waals surface area contributed by atoms with Gasteiger partial charge in [-0.25, -0.2) is 0 Å². The Morgan fingerprint density at radius 2 is 2.24 bits per heavy atom. The number of ether oxygens (including phenoxy) is 1. The average molecular weight is 310 g/mol. The van der Waals surface area contributed by atoms with Gasteiger partial charge in [0.15, 0.2) is 0 Å². The molecule has 2 N–H and O–H groups in total. The van der Waals surface area contributed by atoms with E-state index in [1.54, 1.807) is 6.07 Å². The number of nitrogens with zero attached hydrogens (tertiary/aromatic N) is 1. The zero-order chi connectivity index (χ0) is 14.8. The number of hydrogen-bond donors (Lipinski definition) is 2. The van der Waals surface area contributed by atoms with Gasteiger partial charge in [0.05, 0.1) is 13.2 Å². The molecule has 2 atom stereocenters. The van der Waals surface area contributed by atoms with Crippen LogP contribution in [0.1, 0.15) is 18.5 Å². The highest BCUT2D eigenvalue weighted by molar-refractivity contribution is 6.31. The molecule has 0 radical (unpaired) electrons. The number of hydrogen-bond acceptors (Lipinski definition) is 4. The number of carbonyl (C=O) groups excluding carboxylic acids is 1. The quantitative estimate of drug-likeness (QED) is 0.888. The predicted octanol–water partition coefficient (Wildman–Crippen LogP) is 1.64. The zero-order valence-electron chi connectivity index (χ0n) is 12.1. The van der Waals surface area contributed by atoms with Crippen molar-refractivity contribution >= 4 is 23.2 Å². The van der Waals surface area contributed by atoms with Crippen molar-refractivity contribution in [2.24, 2.45) is 0 Å². The molecule has 2 aliphatic heterocycles. The summed E-state index contributed by atoms with van der Waals surface area (Å²) in [5.41, 5.74) is 1.78. The Labute approximate surface area is 129 Å². The highest BCUT2D eigenvalue weighted by atomic mass is 35.5. The molecule has 21 heavy (non-hydrogen) atoms. The molecule has 6 heteroatoms. The third-order valence-corrected chi connectivity index (χ3v) is 4.17. The fourth-order valence-corrected chi connectivity index (χ4v) is 3.09. The summed E-state index contributed by atoms with van der Waals surface area (Å²) in [6.07, 6.45) is 0. The van der Waals surface area contributed by atoms with E-state index in [9.17, 15) is 4.79 Å². The van der Waals surface area contributed by atoms with Gasteiger partial charge in [0, 0.05) is 41.9 Å². The minimum absolute atomic E-state index is 0.0129. The third kappa shape index (κ3) is 3.37. The second-order valence-electron chi connectivity index (χ2n) is 5.63. The van der Waals surface area contributed by atoms with Crippen molar-refractivity contribution in [3.05, 3.63) is 28.8 Å². The highest BCUT2D eigenvalue weighted by Crippen LogP contribution is 2.33. The maximum Gasteiger partial charge on any atom is 0.246 e. The molecule has 2 aliphatic rings. The molecule has 2 heterocycles. The van der Waals surface area contributed by atoms with Crippen molar-refractivity contribution in [3.8, 4) is 0 Å². The van der Waals surface area contributed by atoms with E-state index in [1.807, 2.05) is 12.1 Å². The summed E-state index contributed by atoms with van der Waals surface area (Å²) in [4.78, 5) is 14.5. The van der Waals surface area contributed by atoms with Crippen molar-refractivity contribution in [1.82, 2.24) is 10.2 Å². The van der Waals surface area contributed by atoms with Crippen LogP contribution < -0.4 is 10.6 Å². The van der Waals surface area contributed by atoms with Crippen LogP contribution in [0.5, 0.6) is 0 Å². The highest BCUT2D eigenvalue weighted by Gasteiger charge is 2.31. The van der Waals surface area contributed by atoms with Crippen LogP contribution in [0.3, 0.4) is 0 Å². The van der Waals surface area contributed by atoms with Crippen molar-refractivity contribution in [3.63, 3.8) is 0 Å². The van der Waals surface area contributed by atoms with E-state index in [-0.39, 0.29) is 18.0 Å². The van der Waals surface area contributed by atoms with Crippen LogP contribution in [0, 0.1) is 0 Å². The third-order valence-electron chi connectivity index (χ3n) is 3.93. The number of carbonyl (C=O) groups is 1. The van der Waals surface area contributed by atoms with Gasteiger partial charge in [-0.2, -0.15) is 0 Å². The molecule has 0 aliphatic carbocycles. The molecule has 2 unspecified atom stereocenters. The van der Waals surface area contributed by atoms with E-state index in [0.29, 0.717) is 5.02 Å². The lowest BCUT2D eigenvalue weighted by Crippen LogP contribution is -2.46. The normalized spacial score (nSPS) is 23.7. The summed E-state index contributed by atoms with van der Waals surface area (Å²) >= 11 is 6.04. The SMILES string of the molecule is CC(CN1CCOCC1)NC1C(=O)Nc2ccc(Cl)cc21. The Morgan fingerprint density at radius 1 is 1.48 bits per heavy atom. The van der Waals surface area contributed by atoms with Crippen LogP contribution in [0.2, 0.25) is 5.02 Å². The average Bonchev–Trinajstić information content (AvgIpc) is 2.76. The molecule has 3 rings (SSSR count). The maximum atomic E-state index is 12.1. The van der Waals surface area contributed by atoms with Crippen LogP contribution >= 0.6 is 11.6 Å². The Hall–Kier alpha value is -1.14. The zero-order valence-corrected chi connectivity index (χ0v) is 12.8. The van der Waals surface area contributed by atoms with Crippen LogP contribution in [0.4, 0.5) is 5.69 Å². The topological polar surface area (TPSA) is 53.6 Å². The number of morpholine rings is 1. The summed E-state index contributed by atoms with van der Waals surface area (Å²) in [7, 11) is 0. The van der Waals surface area contributed by atoms with Gasteiger partial charge >= 0.3 is 0 Å². The molecule has 1 amide bonds. The number of nitrogens with one attached hydrogen (secondary N) is 2. The summed E-state index contributed by atoms with van der Waals surface area (Å²) < 4.78 is 5.35. The van der Waals surface area contributed by atoms with E-state index in [4.69, 9.17) is 16.3 Å². The van der Waals surface area contributed by atoms with Crippen molar-refractivity contribution in [1.29, 1.82) is 0 Å². The van der Waals surface area contributed by atoms with Gasteiger partial charge in [-0.3, -0.25) is 15.0 Å². The Bertz CT molecular complexity index is 532. The van der Waals surface area contributed by atoms with E-state index in [1.165, 1.54) is 0 Å². The van der Waals surface area contributed by atoms with Gasteiger partial charge < -0.3 is 10.1 Å². The van der Waals surface area contributed by atoms with E-state index < -0.39 is 0 Å². The number of anilines is 1. The largest absolute Gasteiger partial charge is 0.379 e. The second-order valence-corrected chi connectivity index (χ2v) is 6.07. The van der Waals surface area contributed by atoms with Gasteiger partial charge in [-0.15, -0.1) is 0 Å². The Balaban J connectivity index is 1.64. The molecule has 1 aromatic rings. The Morgan fingerprint density at radius 3 is 3.00 bits per heavy atom. The van der Waals surface area contributed by atoms with E-state index >= 15 is 0 Å². The molecule has 1 saturated heterocycles. The van der Waals surface area contributed by atoms with Crippen LogP contribution in [-0.4, -0.2) is 49.7 Å². The molecule has 1 aromatic carbocycles. The van der Waals surface area contributed by atoms with Crippen molar-refractivity contribution in [2.75, 3.05) is 38.2 Å². The standard InChI is InChI=1S/C15H20ClN3O2/c1-10(9-19-4-6-21-7-5-19)17-14-12-8-11(16)2-3-13(12)18-15(14)20/h2-3,8,10,14,17H,4-7,9H2,1H3,(H,18,20). The van der Waals surface area contributed by atoms with Crippen molar-refractivity contribution < 1.29 is 9.53 Å². The van der Waals surface area contributed by atoms with Gasteiger partial charge in [0.2, 0.25) is 5.91 Å². The predicted molar refractivity (Wildman–Crippen MR) is 82.7 cm³/mol. The lowest BCUT2D eigenvalue weighted by Gasteiger charge is -2.30. The summed E-state index contributed by atoms with van der Waals surface area (Å²) in [5, 5.41) is 6.95. The molecule has 1 fully saturated rings. The molecule has 114 valence electrons. The summed E-state index contributed by atoms with van der Waals surface area (Å²) in [6, 6.07) is 5.39. The smallest absolute Gasteiger partial charge is 0.246 e. The lowest BCUT2D eigenvalue weighted by molar-refractivity contribution is -0.117. The first-order chi connectivity index (χ1) is 10.1. The molecule has 0 aromatic heterocycles. The molecule has 0 spiro atoms. The number of halogens is 1. The molecule has 5 nitrogen and oxygen atoms in total. The van der Waals surface area contributed by atoms with Gasteiger partial charge in [0.25, 0.3) is 0 Å².